The van der Waals surface area contributed by atoms with Crippen molar-refractivity contribution in [2.45, 2.75) is 32.2 Å². The molecule has 1 atom stereocenters. The lowest BCUT2D eigenvalue weighted by molar-refractivity contribution is -0.122. The average molecular weight is 262 g/mol. The van der Waals surface area contributed by atoms with Gasteiger partial charge in [-0.2, -0.15) is 0 Å². The Bertz CT molecular complexity index is 452. The zero-order chi connectivity index (χ0) is 13.9. The normalized spacial score (nSPS) is 17.7. The highest BCUT2D eigenvalue weighted by Crippen LogP contribution is 2.33. The van der Waals surface area contributed by atoms with Crippen LogP contribution in [0.25, 0.3) is 0 Å². The molecule has 19 heavy (non-hydrogen) atoms. The van der Waals surface area contributed by atoms with Gasteiger partial charge in [-0.05, 0) is 26.8 Å². The van der Waals surface area contributed by atoms with Crippen LogP contribution in [0.4, 0.5) is 0 Å². The molecule has 0 fully saturated rings. The highest BCUT2D eigenvalue weighted by atomic mass is 16.5. The number of benzene rings is 1. The summed E-state index contributed by atoms with van der Waals surface area (Å²) >= 11 is 0. The molecule has 0 saturated heterocycles. The summed E-state index contributed by atoms with van der Waals surface area (Å²) in [5.41, 5.74) is 1.07. The second-order valence-corrected chi connectivity index (χ2v) is 5.87. The monoisotopic (exact) mass is 262 g/mol. The number of para-hydroxylation sites is 1. The van der Waals surface area contributed by atoms with Crippen LogP contribution < -0.4 is 15.4 Å². The molecule has 1 aliphatic heterocycles. The van der Waals surface area contributed by atoms with E-state index in [1.807, 2.05) is 24.3 Å². The van der Waals surface area contributed by atoms with E-state index in [1.165, 1.54) is 0 Å². The topological polar surface area (TPSA) is 50.4 Å². The molecule has 0 bridgehead atoms. The molecule has 1 aliphatic rings. The minimum absolute atomic E-state index is 0.0423. The SMILES string of the molecule is CC(C)(C)NCCNC(=O)[C@@H]1COc2ccccc21. The van der Waals surface area contributed by atoms with Gasteiger partial charge >= 0.3 is 0 Å². The summed E-state index contributed by atoms with van der Waals surface area (Å²) < 4.78 is 5.52. The molecule has 0 unspecified atom stereocenters. The number of amides is 1. The summed E-state index contributed by atoms with van der Waals surface area (Å²) in [6.45, 7) is 8.17. The molecule has 1 amide bonds. The molecule has 0 saturated carbocycles. The van der Waals surface area contributed by atoms with E-state index in [1.54, 1.807) is 0 Å². The van der Waals surface area contributed by atoms with Crippen LogP contribution in [-0.2, 0) is 4.79 Å². The summed E-state index contributed by atoms with van der Waals surface area (Å²) in [5.74, 6) is 0.696. The number of ether oxygens (including phenoxy) is 1. The van der Waals surface area contributed by atoms with Gasteiger partial charge in [0, 0.05) is 24.2 Å². The highest BCUT2D eigenvalue weighted by molar-refractivity contribution is 5.85. The zero-order valence-corrected chi connectivity index (χ0v) is 11.8. The second kappa shape index (κ2) is 5.61. The smallest absolute Gasteiger partial charge is 0.231 e. The number of rotatable bonds is 4. The number of hydrogen-bond acceptors (Lipinski definition) is 3. The van der Waals surface area contributed by atoms with Gasteiger partial charge < -0.3 is 15.4 Å². The molecular weight excluding hydrogens is 240 g/mol. The Kier molecular flexibility index (Phi) is 4.10. The van der Waals surface area contributed by atoms with E-state index in [9.17, 15) is 4.79 Å². The fraction of sp³-hybridized carbons (Fsp3) is 0.533. The van der Waals surface area contributed by atoms with E-state index in [0.29, 0.717) is 13.2 Å². The molecule has 0 spiro atoms. The van der Waals surface area contributed by atoms with Crippen molar-refractivity contribution < 1.29 is 9.53 Å². The molecule has 0 aliphatic carbocycles. The molecule has 104 valence electrons. The summed E-state index contributed by atoms with van der Waals surface area (Å²) in [6, 6.07) is 7.73. The molecule has 0 aromatic heterocycles. The number of fused-ring (bicyclic) bond motifs is 1. The lowest BCUT2D eigenvalue weighted by atomic mass is 10.0. The van der Waals surface area contributed by atoms with Gasteiger partial charge in [-0.1, -0.05) is 18.2 Å². The van der Waals surface area contributed by atoms with E-state index in [-0.39, 0.29) is 17.4 Å². The van der Waals surface area contributed by atoms with Gasteiger partial charge in [0.05, 0.1) is 0 Å². The molecule has 1 heterocycles. The number of hydrogen-bond donors (Lipinski definition) is 2. The maximum absolute atomic E-state index is 12.1. The summed E-state index contributed by atoms with van der Waals surface area (Å²) in [5, 5.41) is 6.30. The van der Waals surface area contributed by atoms with Crippen molar-refractivity contribution in [3.05, 3.63) is 29.8 Å². The van der Waals surface area contributed by atoms with E-state index in [4.69, 9.17) is 4.74 Å². The number of carbonyl (C=O) groups is 1. The third-order valence-corrected chi connectivity index (χ3v) is 3.10. The molecule has 4 nitrogen and oxygen atoms in total. The van der Waals surface area contributed by atoms with E-state index >= 15 is 0 Å². The van der Waals surface area contributed by atoms with Gasteiger partial charge in [-0.25, -0.2) is 0 Å². The van der Waals surface area contributed by atoms with Gasteiger partial charge in [0.15, 0.2) is 0 Å². The predicted molar refractivity (Wildman–Crippen MR) is 75.4 cm³/mol. The van der Waals surface area contributed by atoms with Gasteiger partial charge in [0.25, 0.3) is 0 Å². The predicted octanol–water partition coefficient (Wildman–Crippen LogP) is 1.67. The Hall–Kier alpha value is -1.55. The van der Waals surface area contributed by atoms with E-state index in [2.05, 4.69) is 31.4 Å². The fourth-order valence-corrected chi connectivity index (χ4v) is 2.13. The lowest BCUT2D eigenvalue weighted by Gasteiger charge is -2.20. The van der Waals surface area contributed by atoms with Crippen molar-refractivity contribution in [1.82, 2.24) is 10.6 Å². The Balaban J connectivity index is 1.82. The Morgan fingerprint density at radius 3 is 2.79 bits per heavy atom. The molecule has 2 rings (SSSR count). The first-order chi connectivity index (χ1) is 8.97. The first-order valence-corrected chi connectivity index (χ1v) is 6.72. The molecule has 4 heteroatoms. The molecule has 1 aromatic carbocycles. The van der Waals surface area contributed by atoms with Crippen molar-refractivity contribution in [3.63, 3.8) is 0 Å². The van der Waals surface area contributed by atoms with Crippen LogP contribution in [0, 0.1) is 0 Å². The minimum Gasteiger partial charge on any atom is -0.492 e. The average Bonchev–Trinajstić information content (AvgIpc) is 2.77. The van der Waals surface area contributed by atoms with Crippen LogP contribution in [0.5, 0.6) is 5.75 Å². The third-order valence-electron chi connectivity index (χ3n) is 3.10. The van der Waals surface area contributed by atoms with Crippen molar-refractivity contribution in [3.8, 4) is 5.75 Å². The van der Waals surface area contributed by atoms with E-state index < -0.39 is 0 Å². The van der Waals surface area contributed by atoms with Crippen molar-refractivity contribution in [1.29, 1.82) is 0 Å². The maximum Gasteiger partial charge on any atom is 0.231 e. The lowest BCUT2D eigenvalue weighted by Crippen LogP contribution is -2.42. The van der Waals surface area contributed by atoms with Crippen molar-refractivity contribution in [2.24, 2.45) is 0 Å². The van der Waals surface area contributed by atoms with Crippen LogP contribution in [0.15, 0.2) is 24.3 Å². The molecule has 2 N–H and O–H groups in total. The Morgan fingerprint density at radius 2 is 2.05 bits per heavy atom. The Labute approximate surface area is 114 Å². The van der Waals surface area contributed by atoms with Crippen LogP contribution >= 0.6 is 0 Å². The van der Waals surface area contributed by atoms with Gasteiger partial charge in [-0.3, -0.25) is 4.79 Å². The van der Waals surface area contributed by atoms with Gasteiger partial charge in [0.2, 0.25) is 5.91 Å². The summed E-state index contributed by atoms with van der Waals surface area (Å²) in [4.78, 5) is 12.1. The summed E-state index contributed by atoms with van der Waals surface area (Å²) in [6.07, 6.45) is 0. The van der Waals surface area contributed by atoms with Gasteiger partial charge in [-0.15, -0.1) is 0 Å². The first kappa shape index (κ1) is 13.9. The van der Waals surface area contributed by atoms with Crippen LogP contribution in [0.3, 0.4) is 0 Å². The van der Waals surface area contributed by atoms with Crippen molar-refractivity contribution in [2.75, 3.05) is 19.7 Å². The van der Waals surface area contributed by atoms with Crippen LogP contribution in [-0.4, -0.2) is 31.1 Å². The minimum atomic E-state index is -0.175. The Morgan fingerprint density at radius 1 is 1.32 bits per heavy atom. The first-order valence-electron chi connectivity index (χ1n) is 6.72. The molecular formula is C15H22N2O2. The van der Waals surface area contributed by atoms with Gasteiger partial charge in [0.1, 0.15) is 18.3 Å². The highest BCUT2D eigenvalue weighted by Gasteiger charge is 2.29. The molecule has 0 radical (unpaired) electrons. The second-order valence-electron chi connectivity index (χ2n) is 5.87. The quantitative estimate of drug-likeness (QED) is 0.812. The standard InChI is InChI=1S/C15H22N2O2/c1-15(2,3)17-9-8-16-14(18)12-10-19-13-7-5-4-6-11(12)13/h4-7,12,17H,8-10H2,1-3H3,(H,16,18)/t12-/m1/s1. The number of nitrogens with one attached hydrogen (secondary N) is 2. The third kappa shape index (κ3) is 3.70. The van der Waals surface area contributed by atoms with Crippen LogP contribution in [0.2, 0.25) is 0 Å². The zero-order valence-electron chi connectivity index (χ0n) is 11.8. The number of carbonyl (C=O) groups excluding carboxylic acids is 1. The van der Waals surface area contributed by atoms with Crippen LogP contribution in [0.1, 0.15) is 32.3 Å². The largest absolute Gasteiger partial charge is 0.492 e. The molecule has 1 aromatic rings. The summed E-state index contributed by atoms with van der Waals surface area (Å²) in [7, 11) is 0. The van der Waals surface area contributed by atoms with Crippen molar-refractivity contribution >= 4 is 5.91 Å². The fourth-order valence-electron chi connectivity index (χ4n) is 2.13. The maximum atomic E-state index is 12.1. The van der Waals surface area contributed by atoms with E-state index in [0.717, 1.165) is 17.9 Å².